The van der Waals surface area contributed by atoms with Crippen LogP contribution in [0.5, 0.6) is 0 Å². The Balaban J connectivity index is 2.20. The van der Waals surface area contributed by atoms with Crippen LogP contribution in [0.1, 0.15) is 38.3 Å². The van der Waals surface area contributed by atoms with Crippen LogP contribution in [0.2, 0.25) is 5.02 Å². The SMILES string of the molecule is CC(C)(O)c1ccc(-c2ccc(Cl)cc2)n(C2CC2)c1=O. The predicted molar refractivity (Wildman–Crippen MR) is 84.7 cm³/mol. The second-order valence-electron chi connectivity index (χ2n) is 6.10. The lowest BCUT2D eigenvalue weighted by molar-refractivity contribution is 0.0765. The van der Waals surface area contributed by atoms with E-state index in [1.54, 1.807) is 19.9 Å². The van der Waals surface area contributed by atoms with Gasteiger partial charge in [0.05, 0.1) is 11.3 Å². The van der Waals surface area contributed by atoms with Crippen molar-refractivity contribution in [1.82, 2.24) is 4.57 Å². The lowest BCUT2D eigenvalue weighted by atomic mass is 9.98. The number of nitrogens with zero attached hydrogens (tertiary/aromatic N) is 1. The summed E-state index contributed by atoms with van der Waals surface area (Å²) in [5.41, 5.74) is 1.05. The van der Waals surface area contributed by atoms with Crippen molar-refractivity contribution in [3.05, 3.63) is 57.3 Å². The highest BCUT2D eigenvalue weighted by molar-refractivity contribution is 6.30. The van der Waals surface area contributed by atoms with Gasteiger partial charge in [-0.2, -0.15) is 0 Å². The minimum absolute atomic E-state index is 0.0996. The molecule has 2 aromatic rings. The van der Waals surface area contributed by atoms with Gasteiger partial charge in [-0.25, -0.2) is 0 Å². The summed E-state index contributed by atoms with van der Waals surface area (Å²) in [6.07, 6.45) is 2.02. The maximum absolute atomic E-state index is 12.7. The van der Waals surface area contributed by atoms with Gasteiger partial charge in [0.25, 0.3) is 5.56 Å². The molecule has 21 heavy (non-hydrogen) atoms. The third-order valence-electron chi connectivity index (χ3n) is 3.83. The second-order valence-corrected chi connectivity index (χ2v) is 6.54. The Labute approximate surface area is 128 Å². The molecule has 0 aliphatic heterocycles. The van der Waals surface area contributed by atoms with Crippen molar-refractivity contribution in [2.75, 3.05) is 0 Å². The maximum Gasteiger partial charge on any atom is 0.257 e. The summed E-state index contributed by atoms with van der Waals surface area (Å²) in [5, 5.41) is 10.8. The van der Waals surface area contributed by atoms with Gasteiger partial charge in [0.2, 0.25) is 0 Å². The van der Waals surface area contributed by atoms with Crippen LogP contribution < -0.4 is 5.56 Å². The third-order valence-corrected chi connectivity index (χ3v) is 4.08. The molecular formula is C17H18ClNO2. The Hall–Kier alpha value is -1.58. The van der Waals surface area contributed by atoms with E-state index < -0.39 is 5.60 Å². The second kappa shape index (κ2) is 5.00. The van der Waals surface area contributed by atoms with E-state index in [4.69, 9.17) is 11.6 Å². The Morgan fingerprint density at radius 3 is 2.29 bits per heavy atom. The third kappa shape index (κ3) is 2.76. The van der Waals surface area contributed by atoms with E-state index >= 15 is 0 Å². The lowest BCUT2D eigenvalue weighted by Crippen LogP contribution is -2.32. The minimum atomic E-state index is -1.13. The lowest BCUT2D eigenvalue weighted by Gasteiger charge is -2.21. The fourth-order valence-corrected chi connectivity index (χ4v) is 2.70. The van der Waals surface area contributed by atoms with E-state index in [0.29, 0.717) is 10.6 Å². The van der Waals surface area contributed by atoms with Crippen LogP contribution in [0.15, 0.2) is 41.2 Å². The van der Waals surface area contributed by atoms with Crippen molar-refractivity contribution in [2.24, 2.45) is 0 Å². The fraction of sp³-hybridized carbons (Fsp3) is 0.353. The summed E-state index contributed by atoms with van der Waals surface area (Å²) >= 11 is 5.93. The van der Waals surface area contributed by atoms with Crippen LogP contribution in [0.25, 0.3) is 11.3 Å². The van der Waals surface area contributed by atoms with Crippen LogP contribution in [-0.4, -0.2) is 9.67 Å². The summed E-state index contributed by atoms with van der Waals surface area (Å²) in [4.78, 5) is 12.7. The van der Waals surface area contributed by atoms with Crippen molar-refractivity contribution >= 4 is 11.6 Å². The van der Waals surface area contributed by atoms with E-state index in [0.717, 1.165) is 24.1 Å². The maximum atomic E-state index is 12.7. The highest BCUT2D eigenvalue weighted by atomic mass is 35.5. The van der Waals surface area contributed by atoms with Gasteiger partial charge in [-0.1, -0.05) is 23.7 Å². The smallest absolute Gasteiger partial charge is 0.257 e. The van der Waals surface area contributed by atoms with E-state index in [2.05, 4.69) is 0 Å². The first-order valence-corrected chi connectivity index (χ1v) is 7.50. The number of aromatic nitrogens is 1. The Bertz CT molecular complexity index is 722. The highest BCUT2D eigenvalue weighted by Crippen LogP contribution is 2.37. The number of halogens is 1. The zero-order valence-electron chi connectivity index (χ0n) is 12.1. The molecule has 0 radical (unpaired) electrons. The number of aliphatic hydroxyl groups is 1. The first-order chi connectivity index (χ1) is 9.88. The van der Waals surface area contributed by atoms with E-state index in [9.17, 15) is 9.90 Å². The summed E-state index contributed by atoms with van der Waals surface area (Å²) in [6.45, 7) is 3.28. The summed E-state index contributed by atoms with van der Waals surface area (Å²) in [7, 11) is 0. The Morgan fingerprint density at radius 2 is 1.76 bits per heavy atom. The Kier molecular flexibility index (Phi) is 3.42. The van der Waals surface area contributed by atoms with Gasteiger partial charge >= 0.3 is 0 Å². The molecule has 1 heterocycles. The van der Waals surface area contributed by atoms with Crippen molar-refractivity contribution in [3.8, 4) is 11.3 Å². The van der Waals surface area contributed by atoms with Crippen LogP contribution in [0, 0.1) is 0 Å². The molecule has 1 aliphatic rings. The number of hydrogen-bond donors (Lipinski definition) is 1. The molecule has 0 amide bonds. The number of benzene rings is 1. The van der Waals surface area contributed by atoms with Gasteiger partial charge in [0.1, 0.15) is 0 Å². The van der Waals surface area contributed by atoms with E-state index in [1.165, 1.54) is 0 Å². The van der Waals surface area contributed by atoms with Crippen molar-refractivity contribution in [2.45, 2.75) is 38.3 Å². The molecule has 1 aromatic heterocycles. The van der Waals surface area contributed by atoms with Crippen LogP contribution >= 0.6 is 11.6 Å². The average Bonchev–Trinajstić information content (AvgIpc) is 3.22. The average molecular weight is 304 g/mol. The van der Waals surface area contributed by atoms with Gasteiger partial charge in [0.15, 0.2) is 0 Å². The summed E-state index contributed by atoms with van der Waals surface area (Å²) < 4.78 is 1.82. The van der Waals surface area contributed by atoms with Gasteiger partial charge in [-0.15, -0.1) is 0 Å². The first kappa shape index (κ1) is 14.4. The van der Waals surface area contributed by atoms with Crippen molar-refractivity contribution in [3.63, 3.8) is 0 Å². The molecule has 4 heteroatoms. The molecule has 0 bridgehead atoms. The van der Waals surface area contributed by atoms with Crippen LogP contribution in [0.4, 0.5) is 0 Å². The highest BCUT2D eigenvalue weighted by Gasteiger charge is 2.30. The Morgan fingerprint density at radius 1 is 1.14 bits per heavy atom. The molecule has 0 saturated heterocycles. The zero-order chi connectivity index (χ0) is 15.2. The molecule has 3 rings (SSSR count). The van der Waals surface area contributed by atoms with Crippen LogP contribution in [0.3, 0.4) is 0 Å². The van der Waals surface area contributed by atoms with Gasteiger partial charge in [0, 0.05) is 16.6 Å². The van der Waals surface area contributed by atoms with Crippen molar-refractivity contribution in [1.29, 1.82) is 0 Å². The van der Waals surface area contributed by atoms with Crippen molar-refractivity contribution < 1.29 is 5.11 Å². The molecule has 3 nitrogen and oxygen atoms in total. The standard InChI is InChI=1S/C17H18ClNO2/c1-17(2,21)14-9-10-15(11-3-5-12(18)6-4-11)19(16(14)20)13-7-8-13/h3-6,9-10,13,21H,7-8H2,1-2H3. The molecule has 0 atom stereocenters. The molecular weight excluding hydrogens is 286 g/mol. The molecule has 110 valence electrons. The van der Waals surface area contributed by atoms with Gasteiger partial charge in [-0.3, -0.25) is 4.79 Å². The summed E-state index contributed by atoms with van der Waals surface area (Å²) in [5.74, 6) is 0. The van der Waals surface area contributed by atoms with Crippen LogP contribution in [-0.2, 0) is 5.60 Å². The molecule has 1 aromatic carbocycles. The quantitative estimate of drug-likeness (QED) is 0.938. The molecule has 1 aliphatic carbocycles. The monoisotopic (exact) mass is 303 g/mol. The molecule has 0 unspecified atom stereocenters. The number of rotatable bonds is 3. The van der Waals surface area contributed by atoms with E-state index in [-0.39, 0.29) is 11.6 Å². The molecule has 1 fully saturated rings. The fourth-order valence-electron chi connectivity index (χ4n) is 2.57. The first-order valence-electron chi connectivity index (χ1n) is 7.12. The molecule has 0 spiro atoms. The molecule has 1 N–H and O–H groups in total. The number of hydrogen-bond acceptors (Lipinski definition) is 2. The van der Waals surface area contributed by atoms with E-state index in [1.807, 2.05) is 34.9 Å². The molecule has 1 saturated carbocycles. The predicted octanol–water partition coefficient (Wildman–Crippen LogP) is 3.73. The van der Waals surface area contributed by atoms with Gasteiger partial charge in [-0.05, 0) is 56.5 Å². The minimum Gasteiger partial charge on any atom is -0.386 e. The normalized spacial score (nSPS) is 15.2. The topological polar surface area (TPSA) is 42.2 Å². The summed E-state index contributed by atoms with van der Waals surface area (Å²) in [6, 6.07) is 11.4. The van der Waals surface area contributed by atoms with Gasteiger partial charge < -0.3 is 9.67 Å². The zero-order valence-corrected chi connectivity index (χ0v) is 12.9. The number of pyridine rings is 1. The largest absolute Gasteiger partial charge is 0.386 e.